The van der Waals surface area contributed by atoms with E-state index in [-0.39, 0.29) is 28.5 Å². The zero-order valence-corrected chi connectivity index (χ0v) is 14.4. The third-order valence-corrected chi connectivity index (χ3v) is 3.95. The van der Waals surface area contributed by atoms with E-state index in [2.05, 4.69) is 5.32 Å². The van der Waals surface area contributed by atoms with Crippen molar-refractivity contribution in [2.24, 2.45) is 0 Å². The van der Waals surface area contributed by atoms with Gasteiger partial charge < -0.3 is 15.2 Å². The number of ketones is 1. The number of carbonyl (C=O) groups excluding carboxylic acids is 1. The number of rotatable bonds is 6. The Kier molecular flexibility index (Phi) is 5.03. The molecule has 7 heteroatoms. The highest BCUT2D eigenvalue weighted by Gasteiger charge is 2.19. The van der Waals surface area contributed by atoms with Gasteiger partial charge in [-0.25, -0.2) is 0 Å². The van der Waals surface area contributed by atoms with Crippen LogP contribution in [0.3, 0.4) is 0 Å². The minimum atomic E-state index is -0.562. The molecular formula is C20H16N2O5. The average molecular weight is 364 g/mol. The fraction of sp³-hybridized carbons (Fsp3) is 0.0500. The van der Waals surface area contributed by atoms with Gasteiger partial charge in [-0.05, 0) is 24.3 Å². The van der Waals surface area contributed by atoms with Crippen molar-refractivity contribution >= 4 is 22.8 Å². The van der Waals surface area contributed by atoms with E-state index in [0.29, 0.717) is 17.0 Å². The summed E-state index contributed by atoms with van der Waals surface area (Å²) < 4.78 is 4.97. The highest BCUT2D eigenvalue weighted by atomic mass is 16.6. The fourth-order valence-corrected chi connectivity index (χ4v) is 2.61. The quantitative estimate of drug-likeness (QED) is 0.384. The minimum absolute atomic E-state index is 0.0963. The molecule has 27 heavy (non-hydrogen) atoms. The summed E-state index contributed by atoms with van der Waals surface area (Å²) >= 11 is 0. The SMILES string of the molecule is COc1ccc(Nc2ccc(C(=O)c3ccccc3)cc2[N+](=O)[O-])cc1O. The molecule has 0 aromatic heterocycles. The molecule has 0 heterocycles. The van der Waals surface area contributed by atoms with Crippen LogP contribution in [0.2, 0.25) is 0 Å². The van der Waals surface area contributed by atoms with Gasteiger partial charge in [0.1, 0.15) is 5.69 Å². The Labute approximate surface area is 155 Å². The summed E-state index contributed by atoms with van der Waals surface area (Å²) in [5.41, 5.74) is 1.07. The lowest BCUT2D eigenvalue weighted by Crippen LogP contribution is -2.04. The lowest BCUT2D eigenvalue weighted by molar-refractivity contribution is -0.383. The molecule has 0 aliphatic carbocycles. The number of phenols is 1. The van der Waals surface area contributed by atoms with Gasteiger partial charge in [0.05, 0.1) is 12.0 Å². The van der Waals surface area contributed by atoms with Gasteiger partial charge in [-0.2, -0.15) is 0 Å². The van der Waals surface area contributed by atoms with Gasteiger partial charge in [0.25, 0.3) is 5.69 Å². The molecule has 0 bridgehead atoms. The van der Waals surface area contributed by atoms with Gasteiger partial charge >= 0.3 is 0 Å². The van der Waals surface area contributed by atoms with Crippen LogP contribution in [0.5, 0.6) is 11.5 Å². The average Bonchev–Trinajstić information content (AvgIpc) is 2.68. The van der Waals surface area contributed by atoms with Gasteiger partial charge in [-0.1, -0.05) is 30.3 Å². The summed E-state index contributed by atoms with van der Waals surface area (Å²) in [5, 5.41) is 24.2. The second kappa shape index (κ2) is 7.57. The summed E-state index contributed by atoms with van der Waals surface area (Å²) in [5.74, 6) is -0.104. The van der Waals surface area contributed by atoms with Crippen LogP contribution in [0.15, 0.2) is 66.7 Å². The standard InChI is InChI=1S/C20H16N2O5/c1-27-19-10-8-15(12-18(19)23)21-16-9-7-14(11-17(16)22(25)26)20(24)13-5-3-2-4-6-13/h2-12,21,23H,1H3. The number of phenolic OH excluding ortho intramolecular Hbond substituents is 1. The summed E-state index contributed by atoms with van der Waals surface area (Å²) in [7, 11) is 1.43. The molecule has 2 N–H and O–H groups in total. The number of hydrogen-bond donors (Lipinski definition) is 2. The summed E-state index contributed by atoms with van der Waals surface area (Å²) in [6.45, 7) is 0. The molecular weight excluding hydrogens is 348 g/mol. The molecule has 0 amide bonds. The van der Waals surface area contributed by atoms with E-state index in [9.17, 15) is 20.0 Å². The first-order chi connectivity index (χ1) is 13.0. The van der Waals surface area contributed by atoms with E-state index in [0.717, 1.165) is 0 Å². The normalized spacial score (nSPS) is 10.3. The van der Waals surface area contributed by atoms with Crippen LogP contribution in [-0.2, 0) is 0 Å². The second-order valence-electron chi connectivity index (χ2n) is 5.70. The molecule has 0 radical (unpaired) electrons. The summed E-state index contributed by atoms with van der Waals surface area (Å²) in [6.07, 6.45) is 0. The van der Waals surface area contributed by atoms with Crippen molar-refractivity contribution in [1.29, 1.82) is 0 Å². The van der Waals surface area contributed by atoms with Gasteiger partial charge in [-0.15, -0.1) is 0 Å². The number of aromatic hydroxyl groups is 1. The van der Waals surface area contributed by atoms with Crippen molar-refractivity contribution in [1.82, 2.24) is 0 Å². The van der Waals surface area contributed by atoms with E-state index in [1.165, 1.54) is 37.4 Å². The van der Waals surface area contributed by atoms with Crippen molar-refractivity contribution in [3.05, 3.63) is 88.0 Å². The van der Waals surface area contributed by atoms with E-state index in [4.69, 9.17) is 4.74 Å². The van der Waals surface area contributed by atoms with Crippen LogP contribution >= 0.6 is 0 Å². The first-order valence-corrected chi connectivity index (χ1v) is 8.02. The third-order valence-electron chi connectivity index (χ3n) is 3.95. The molecule has 0 saturated carbocycles. The van der Waals surface area contributed by atoms with Crippen molar-refractivity contribution in [2.45, 2.75) is 0 Å². The first-order valence-electron chi connectivity index (χ1n) is 8.02. The van der Waals surface area contributed by atoms with Gasteiger partial charge in [0.15, 0.2) is 17.3 Å². The number of nitro groups is 1. The Hall–Kier alpha value is -3.87. The monoisotopic (exact) mass is 364 g/mol. The molecule has 136 valence electrons. The maximum Gasteiger partial charge on any atom is 0.293 e. The molecule has 0 fully saturated rings. The number of nitrogens with one attached hydrogen (secondary N) is 1. The van der Waals surface area contributed by atoms with Crippen molar-refractivity contribution in [2.75, 3.05) is 12.4 Å². The van der Waals surface area contributed by atoms with E-state index < -0.39 is 4.92 Å². The van der Waals surface area contributed by atoms with E-state index >= 15 is 0 Å². The molecule has 3 aromatic carbocycles. The number of benzene rings is 3. The second-order valence-corrected chi connectivity index (χ2v) is 5.70. The lowest BCUT2D eigenvalue weighted by atomic mass is 10.0. The largest absolute Gasteiger partial charge is 0.504 e. The number of ether oxygens (including phenoxy) is 1. The summed E-state index contributed by atoms with van der Waals surface area (Å²) in [4.78, 5) is 23.4. The predicted octanol–water partition coefficient (Wildman–Crippen LogP) is 4.28. The molecule has 0 aliphatic heterocycles. The van der Waals surface area contributed by atoms with E-state index in [1.54, 1.807) is 36.4 Å². The maximum atomic E-state index is 12.5. The molecule has 0 unspecified atom stereocenters. The Morgan fingerprint density at radius 3 is 2.41 bits per heavy atom. The predicted molar refractivity (Wildman–Crippen MR) is 101 cm³/mol. The molecule has 7 nitrogen and oxygen atoms in total. The number of methoxy groups -OCH3 is 1. The molecule has 0 atom stereocenters. The fourth-order valence-electron chi connectivity index (χ4n) is 2.61. The van der Waals surface area contributed by atoms with Crippen LogP contribution in [0.1, 0.15) is 15.9 Å². The summed E-state index contributed by atoms with van der Waals surface area (Å²) in [6, 6.07) is 17.3. The van der Waals surface area contributed by atoms with Crippen LogP contribution in [0, 0.1) is 10.1 Å². The zero-order chi connectivity index (χ0) is 19.4. The molecule has 0 aliphatic rings. The van der Waals surface area contributed by atoms with Crippen LogP contribution < -0.4 is 10.1 Å². The van der Waals surface area contributed by atoms with Crippen molar-refractivity contribution in [3.8, 4) is 11.5 Å². The Morgan fingerprint density at radius 1 is 1.04 bits per heavy atom. The van der Waals surface area contributed by atoms with Gasteiger partial charge in [0, 0.05) is 28.9 Å². The van der Waals surface area contributed by atoms with E-state index in [1.807, 2.05) is 0 Å². The van der Waals surface area contributed by atoms with Crippen LogP contribution in [-0.4, -0.2) is 22.9 Å². The number of hydrogen-bond acceptors (Lipinski definition) is 6. The van der Waals surface area contributed by atoms with Gasteiger partial charge in [-0.3, -0.25) is 14.9 Å². The Balaban J connectivity index is 1.94. The highest BCUT2D eigenvalue weighted by Crippen LogP contribution is 2.33. The number of nitro benzene ring substituents is 1. The van der Waals surface area contributed by atoms with Crippen LogP contribution in [0.4, 0.5) is 17.1 Å². The molecule has 0 spiro atoms. The Morgan fingerprint density at radius 2 is 1.78 bits per heavy atom. The maximum absolute atomic E-state index is 12.5. The molecule has 0 saturated heterocycles. The minimum Gasteiger partial charge on any atom is -0.504 e. The van der Waals surface area contributed by atoms with Crippen molar-refractivity contribution in [3.63, 3.8) is 0 Å². The number of nitrogens with zero attached hydrogens (tertiary/aromatic N) is 1. The lowest BCUT2D eigenvalue weighted by Gasteiger charge is -2.10. The van der Waals surface area contributed by atoms with Crippen LogP contribution in [0.25, 0.3) is 0 Å². The topological polar surface area (TPSA) is 102 Å². The third kappa shape index (κ3) is 3.87. The number of anilines is 2. The molecule has 3 aromatic rings. The Bertz CT molecular complexity index is 1000. The highest BCUT2D eigenvalue weighted by molar-refractivity contribution is 6.09. The first kappa shape index (κ1) is 17.9. The smallest absolute Gasteiger partial charge is 0.293 e. The zero-order valence-electron chi connectivity index (χ0n) is 14.4. The van der Waals surface area contributed by atoms with Crippen molar-refractivity contribution < 1.29 is 19.6 Å². The molecule has 3 rings (SSSR count). The number of carbonyl (C=O) groups is 1. The van der Waals surface area contributed by atoms with Gasteiger partial charge in [0.2, 0.25) is 0 Å².